The van der Waals surface area contributed by atoms with E-state index in [9.17, 15) is 21.6 Å². The van der Waals surface area contributed by atoms with Crippen LogP contribution in [0.1, 0.15) is 18.1 Å². The summed E-state index contributed by atoms with van der Waals surface area (Å²) in [7, 11) is -5.64. The minimum Gasteiger partial charge on any atom is -0.381 e. The molecule has 106 valence electrons. The van der Waals surface area contributed by atoms with Gasteiger partial charge in [-0.1, -0.05) is 0 Å². The van der Waals surface area contributed by atoms with Crippen molar-refractivity contribution < 1.29 is 30.5 Å². The van der Waals surface area contributed by atoms with E-state index in [1.807, 2.05) is 0 Å². The van der Waals surface area contributed by atoms with E-state index in [0.717, 1.165) is 0 Å². The average Bonchev–Trinajstić information content (AvgIpc) is 2.80. The number of alkyl halides is 3. The monoisotopic (exact) mass is 298 g/mol. The largest absolute Gasteiger partial charge is 0.534 e. The van der Waals surface area contributed by atoms with Crippen molar-refractivity contribution >= 4 is 10.1 Å². The molecule has 1 atom stereocenters. The average molecular weight is 298 g/mol. The zero-order valence-electron chi connectivity index (χ0n) is 9.35. The molecular weight excluding hydrogens is 289 g/mol. The molecule has 1 N–H and O–H groups in total. The minimum absolute atomic E-state index is 0.0507. The highest BCUT2D eigenvalue weighted by Gasteiger charge is 2.49. The molecule has 0 spiro atoms. The molecule has 2 rings (SSSR count). The first kappa shape index (κ1) is 13.9. The third-order valence-electron chi connectivity index (χ3n) is 2.33. The summed E-state index contributed by atoms with van der Waals surface area (Å²) in [6.45, 7) is 0.0507. The predicted octanol–water partition coefficient (Wildman–Crippen LogP) is 1.62. The van der Waals surface area contributed by atoms with E-state index in [2.05, 4.69) is 14.4 Å². The van der Waals surface area contributed by atoms with E-state index in [1.54, 1.807) is 0 Å². The Morgan fingerprint density at radius 2 is 2.21 bits per heavy atom. The molecule has 0 amide bonds. The van der Waals surface area contributed by atoms with Crippen molar-refractivity contribution in [2.75, 3.05) is 6.61 Å². The fraction of sp³-hybridized carbons (Fsp3) is 0.444. The number of aromatic nitrogens is 2. The van der Waals surface area contributed by atoms with Crippen molar-refractivity contribution in [2.24, 2.45) is 0 Å². The smallest absolute Gasteiger partial charge is 0.381 e. The Bertz CT molecular complexity index is 565. The van der Waals surface area contributed by atoms with Gasteiger partial charge in [-0.15, -0.1) is 0 Å². The van der Waals surface area contributed by atoms with Crippen LogP contribution < -0.4 is 0 Å². The highest BCUT2D eigenvalue weighted by Crippen LogP contribution is 2.31. The molecule has 0 bridgehead atoms. The van der Waals surface area contributed by atoms with Crippen LogP contribution in [0.4, 0.5) is 13.2 Å². The SMILES string of the molecule is O=S(=O)(OC1=CC(c2cn[nH]c2)OCC1)C(F)(F)F. The maximum Gasteiger partial charge on any atom is 0.534 e. The summed E-state index contributed by atoms with van der Waals surface area (Å²) in [5.74, 6) is -0.297. The van der Waals surface area contributed by atoms with Crippen LogP contribution in [-0.4, -0.2) is 30.7 Å². The van der Waals surface area contributed by atoms with Gasteiger partial charge in [0, 0.05) is 18.2 Å². The Labute approximate surface area is 106 Å². The number of hydrogen-bond acceptors (Lipinski definition) is 5. The molecule has 1 aliphatic heterocycles. The zero-order valence-corrected chi connectivity index (χ0v) is 10.2. The molecule has 0 saturated heterocycles. The van der Waals surface area contributed by atoms with Crippen LogP contribution in [0.5, 0.6) is 0 Å². The molecule has 0 aromatic carbocycles. The summed E-state index contributed by atoms with van der Waals surface area (Å²) in [4.78, 5) is 0. The van der Waals surface area contributed by atoms with Crippen molar-refractivity contribution in [3.05, 3.63) is 29.8 Å². The van der Waals surface area contributed by atoms with Gasteiger partial charge in [0.1, 0.15) is 11.9 Å². The van der Waals surface area contributed by atoms with Crippen molar-refractivity contribution in [1.29, 1.82) is 0 Å². The van der Waals surface area contributed by atoms with E-state index >= 15 is 0 Å². The first-order valence-electron chi connectivity index (χ1n) is 5.11. The third-order valence-corrected chi connectivity index (χ3v) is 3.33. The van der Waals surface area contributed by atoms with E-state index in [4.69, 9.17) is 4.74 Å². The molecule has 2 heterocycles. The van der Waals surface area contributed by atoms with Crippen LogP contribution in [0, 0.1) is 0 Å². The van der Waals surface area contributed by atoms with Gasteiger partial charge in [0.2, 0.25) is 0 Å². The lowest BCUT2D eigenvalue weighted by molar-refractivity contribution is -0.0530. The van der Waals surface area contributed by atoms with Crippen molar-refractivity contribution in [3.63, 3.8) is 0 Å². The molecule has 10 heteroatoms. The van der Waals surface area contributed by atoms with Crippen LogP contribution in [0.2, 0.25) is 0 Å². The van der Waals surface area contributed by atoms with Crippen LogP contribution in [0.15, 0.2) is 24.2 Å². The fourth-order valence-corrected chi connectivity index (χ4v) is 1.97. The molecule has 0 fully saturated rings. The van der Waals surface area contributed by atoms with Gasteiger partial charge in [-0.05, 0) is 6.08 Å². The predicted molar refractivity (Wildman–Crippen MR) is 56.0 cm³/mol. The Morgan fingerprint density at radius 3 is 2.79 bits per heavy atom. The summed E-state index contributed by atoms with van der Waals surface area (Å²) in [6.07, 6.45) is 3.34. The number of rotatable bonds is 3. The van der Waals surface area contributed by atoms with E-state index < -0.39 is 21.7 Å². The molecule has 1 aromatic rings. The molecule has 1 aromatic heterocycles. The Hall–Kier alpha value is -1.55. The molecule has 0 aliphatic carbocycles. The second kappa shape index (κ2) is 4.85. The number of aromatic amines is 1. The number of H-pyrrole nitrogens is 1. The molecule has 1 unspecified atom stereocenters. The highest BCUT2D eigenvalue weighted by atomic mass is 32.2. The molecule has 0 radical (unpaired) electrons. The van der Waals surface area contributed by atoms with Crippen molar-refractivity contribution in [3.8, 4) is 0 Å². The van der Waals surface area contributed by atoms with E-state index in [1.165, 1.54) is 18.5 Å². The Morgan fingerprint density at radius 1 is 1.47 bits per heavy atom. The number of nitrogens with zero attached hydrogens (tertiary/aromatic N) is 1. The zero-order chi connectivity index (χ0) is 14.1. The van der Waals surface area contributed by atoms with Gasteiger partial charge in [0.05, 0.1) is 12.8 Å². The number of halogens is 3. The van der Waals surface area contributed by atoms with Gasteiger partial charge in [0.25, 0.3) is 0 Å². The molecule has 1 aliphatic rings. The molecule has 0 saturated carbocycles. The highest BCUT2D eigenvalue weighted by molar-refractivity contribution is 7.87. The lowest BCUT2D eigenvalue weighted by atomic mass is 10.1. The summed E-state index contributed by atoms with van der Waals surface area (Å²) >= 11 is 0. The molecule has 6 nitrogen and oxygen atoms in total. The van der Waals surface area contributed by atoms with Crippen LogP contribution in [-0.2, 0) is 19.0 Å². The Balaban J connectivity index is 2.17. The number of nitrogens with one attached hydrogen (secondary N) is 1. The van der Waals surface area contributed by atoms with Gasteiger partial charge in [0.15, 0.2) is 0 Å². The quantitative estimate of drug-likeness (QED) is 0.677. The van der Waals surface area contributed by atoms with Gasteiger partial charge >= 0.3 is 15.6 Å². The van der Waals surface area contributed by atoms with Crippen LogP contribution >= 0.6 is 0 Å². The molecule has 19 heavy (non-hydrogen) atoms. The standard InChI is InChI=1S/C9H9F3N2O4S/c10-9(11,12)19(15,16)18-7-1-2-17-8(3-7)6-4-13-14-5-6/h3-5,8H,1-2H2,(H,13,14). The normalized spacial score (nSPS) is 21.0. The third kappa shape index (κ3) is 3.07. The summed E-state index contributed by atoms with van der Waals surface area (Å²) in [6, 6.07) is 0. The number of hydrogen-bond donors (Lipinski definition) is 1. The minimum atomic E-state index is -5.64. The maximum atomic E-state index is 12.2. The number of ether oxygens (including phenoxy) is 1. The summed E-state index contributed by atoms with van der Waals surface area (Å²) in [5.41, 5.74) is -4.89. The van der Waals surface area contributed by atoms with E-state index in [0.29, 0.717) is 5.56 Å². The van der Waals surface area contributed by atoms with Gasteiger partial charge < -0.3 is 8.92 Å². The van der Waals surface area contributed by atoms with Gasteiger partial charge in [-0.2, -0.15) is 26.7 Å². The lowest BCUT2D eigenvalue weighted by Gasteiger charge is -2.21. The Kier molecular flexibility index (Phi) is 3.54. The topological polar surface area (TPSA) is 81.3 Å². The molecular formula is C9H9F3N2O4S. The van der Waals surface area contributed by atoms with Crippen LogP contribution in [0.3, 0.4) is 0 Å². The fourth-order valence-electron chi connectivity index (χ4n) is 1.45. The lowest BCUT2D eigenvalue weighted by Crippen LogP contribution is -2.26. The van der Waals surface area contributed by atoms with Gasteiger partial charge in [-0.25, -0.2) is 0 Å². The summed E-state index contributed by atoms with van der Waals surface area (Å²) in [5, 5.41) is 6.18. The van der Waals surface area contributed by atoms with Gasteiger partial charge in [-0.3, -0.25) is 5.10 Å². The summed E-state index contributed by atoms with van der Waals surface area (Å²) < 4.78 is 67.6. The van der Waals surface area contributed by atoms with E-state index in [-0.39, 0.29) is 18.8 Å². The first-order valence-corrected chi connectivity index (χ1v) is 6.52. The second-order valence-electron chi connectivity index (χ2n) is 3.69. The van der Waals surface area contributed by atoms with Crippen molar-refractivity contribution in [2.45, 2.75) is 18.0 Å². The van der Waals surface area contributed by atoms with Crippen LogP contribution in [0.25, 0.3) is 0 Å². The van der Waals surface area contributed by atoms with Crippen molar-refractivity contribution in [1.82, 2.24) is 10.2 Å². The maximum absolute atomic E-state index is 12.2. The second-order valence-corrected chi connectivity index (χ2v) is 5.23. The first-order chi connectivity index (χ1) is 8.79.